The number of oxazole rings is 1. The summed E-state index contributed by atoms with van der Waals surface area (Å²) in [6.07, 6.45) is 2.94. The van der Waals surface area contributed by atoms with E-state index < -0.39 is 0 Å². The molecule has 144 valence electrons. The van der Waals surface area contributed by atoms with Gasteiger partial charge in [-0.05, 0) is 31.1 Å². The molecule has 0 fully saturated rings. The molecule has 0 bridgehead atoms. The Labute approximate surface area is 170 Å². The second kappa shape index (κ2) is 10.5. The van der Waals surface area contributed by atoms with Crippen LogP contribution in [0.25, 0.3) is 5.70 Å². The van der Waals surface area contributed by atoms with Crippen molar-refractivity contribution < 1.29 is 13.9 Å². The average Bonchev–Trinajstić information content (AvgIpc) is 3.41. The van der Waals surface area contributed by atoms with Crippen molar-refractivity contribution >= 4 is 47.4 Å². The van der Waals surface area contributed by atoms with E-state index in [4.69, 9.17) is 13.9 Å². The number of aromatic nitrogens is 2. The summed E-state index contributed by atoms with van der Waals surface area (Å²) in [4.78, 5) is 16.1. The Balaban J connectivity index is 1.44. The largest absolute Gasteiger partial charge is 0.487 e. The van der Waals surface area contributed by atoms with Gasteiger partial charge in [0.05, 0.1) is 18.2 Å². The Morgan fingerprint density at radius 2 is 2.25 bits per heavy atom. The predicted octanol–water partition coefficient (Wildman–Crippen LogP) is 4.95. The Morgan fingerprint density at radius 1 is 1.32 bits per heavy atom. The fourth-order valence-corrected chi connectivity index (χ4v) is 3.36. The second-order valence-corrected chi connectivity index (χ2v) is 7.02. The van der Waals surface area contributed by atoms with Gasteiger partial charge >= 0.3 is 0 Å². The van der Waals surface area contributed by atoms with Crippen molar-refractivity contribution in [2.75, 3.05) is 5.94 Å². The van der Waals surface area contributed by atoms with Crippen molar-refractivity contribution in [2.45, 2.75) is 13.2 Å². The number of hydrogen-bond acceptors (Lipinski definition) is 9. The molecule has 0 atom stereocenters. The summed E-state index contributed by atoms with van der Waals surface area (Å²) in [6, 6.07) is 7.75. The van der Waals surface area contributed by atoms with E-state index in [-0.39, 0.29) is 0 Å². The summed E-state index contributed by atoms with van der Waals surface area (Å²) < 4.78 is 16.3. The van der Waals surface area contributed by atoms with Crippen molar-refractivity contribution in [3.8, 4) is 5.75 Å². The van der Waals surface area contributed by atoms with Crippen LogP contribution in [0.15, 0.2) is 62.1 Å². The van der Waals surface area contributed by atoms with Crippen molar-refractivity contribution in [3.63, 3.8) is 0 Å². The zero-order valence-electron chi connectivity index (χ0n) is 15.0. The molecule has 0 saturated heterocycles. The van der Waals surface area contributed by atoms with E-state index in [2.05, 4.69) is 33.4 Å². The van der Waals surface area contributed by atoms with Gasteiger partial charge in [-0.1, -0.05) is 12.1 Å². The van der Waals surface area contributed by atoms with Crippen LogP contribution in [-0.2, 0) is 18.0 Å². The minimum Gasteiger partial charge on any atom is -0.487 e. The Hall–Kier alpha value is -2.75. The number of benzene rings is 1. The molecule has 9 heteroatoms. The maximum absolute atomic E-state index is 5.71. The fourth-order valence-electron chi connectivity index (χ4n) is 2.14. The molecule has 0 amide bonds. The van der Waals surface area contributed by atoms with Gasteiger partial charge in [0.2, 0.25) is 5.13 Å². The summed E-state index contributed by atoms with van der Waals surface area (Å²) in [7, 11) is 0. The Morgan fingerprint density at radius 3 is 3.00 bits per heavy atom. The van der Waals surface area contributed by atoms with Crippen LogP contribution in [-0.4, -0.2) is 29.3 Å². The first-order chi connectivity index (χ1) is 13.8. The molecule has 0 aliphatic heterocycles. The molecule has 3 aromatic rings. The molecule has 0 N–H and O–H groups in total. The van der Waals surface area contributed by atoms with Crippen molar-refractivity contribution in [3.05, 3.63) is 64.7 Å². The quantitative estimate of drug-likeness (QED) is 0.251. The van der Waals surface area contributed by atoms with E-state index in [0.717, 1.165) is 22.7 Å². The summed E-state index contributed by atoms with van der Waals surface area (Å²) in [6.45, 7) is 7.88. The highest BCUT2D eigenvalue weighted by molar-refractivity contribution is 8.02. The van der Waals surface area contributed by atoms with Crippen LogP contribution in [0.3, 0.4) is 0 Å². The van der Waals surface area contributed by atoms with E-state index in [1.807, 2.05) is 35.1 Å². The monoisotopic (exact) mass is 414 g/mol. The number of thioether (sulfide) groups is 1. The second-order valence-electron chi connectivity index (χ2n) is 5.38. The van der Waals surface area contributed by atoms with Crippen LogP contribution in [0.5, 0.6) is 5.75 Å². The van der Waals surface area contributed by atoms with Gasteiger partial charge in [-0.3, -0.25) is 4.99 Å². The van der Waals surface area contributed by atoms with E-state index in [9.17, 15) is 0 Å². The van der Waals surface area contributed by atoms with Gasteiger partial charge in [0, 0.05) is 10.8 Å². The maximum atomic E-state index is 5.71. The maximum Gasteiger partial charge on any atom is 0.209 e. The number of rotatable bonds is 11. The predicted molar refractivity (Wildman–Crippen MR) is 113 cm³/mol. The topological polar surface area (TPSA) is 82.1 Å². The normalized spacial score (nSPS) is 11.4. The molecule has 0 aliphatic rings. The summed E-state index contributed by atoms with van der Waals surface area (Å²) in [5.41, 5.74) is 3.17. The molecule has 7 nitrogen and oxygen atoms in total. The lowest BCUT2D eigenvalue weighted by Crippen LogP contribution is -1.97. The zero-order valence-corrected chi connectivity index (χ0v) is 16.6. The molecule has 0 spiro atoms. The first kappa shape index (κ1) is 20.0. The molecule has 0 aliphatic carbocycles. The van der Waals surface area contributed by atoms with Crippen molar-refractivity contribution in [1.29, 1.82) is 0 Å². The van der Waals surface area contributed by atoms with E-state index in [0.29, 0.717) is 30.0 Å². The number of thiazole rings is 1. The first-order valence-corrected chi connectivity index (χ1v) is 10.1. The lowest BCUT2D eigenvalue weighted by atomic mass is 10.2. The average molecular weight is 415 g/mol. The minimum atomic E-state index is 0.360. The molecule has 0 unspecified atom stereocenters. The molecular weight excluding hydrogens is 396 g/mol. The molecular formula is C19H18N4O3S2. The smallest absolute Gasteiger partial charge is 0.209 e. The third kappa shape index (κ3) is 5.88. The first-order valence-electron chi connectivity index (χ1n) is 8.16. The lowest BCUT2D eigenvalue weighted by Gasteiger charge is -2.07. The van der Waals surface area contributed by atoms with Crippen LogP contribution in [0.2, 0.25) is 0 Å². The fraction of sp³-hybridized carbons (Fsp3) is 0.158. The van der Waals surface area contributed by atoms with Crippen LogP contribution in [0.1, 0.15) is 17.0 Å². The Bertz CT molecular complexity index is 938. The third-order valence-corrected chi connectivity index (χ3v) is 4.91. The molecule has 2 aromatic heterocycles. The SMILES string of the molecule is C=N/C(=C\SCOCc1cccc(OCc2cocn2)c1)c1csc(N=C)n1. The molecule has 1 aromatic carbocycles. The number of aliphatic imine (C=N–C) groups is 2. The van der Waals surface area contributed by atoms with Gasteiger partial charge < -0.3 is 13.9 Å². The highest BCUT2D eigenvalue weighted by atomic mass is 32.2. The number of hydrogen-bond donors (Lipinski definition) is 0. The van der Waals surface area contributed by atoms with Crippen LogP contribution in [0, 0.1) is 0 Å². The highest BCUT2D eigenvalue weighted by Gasteiger charge is 2.05. The van der Waals surface area contributed by atoms with Crippen LogP contribution in [0.4, 0.5) is 5.13 Å². The lowest BCUT2D eigenvalue weighted by molar-refractivity contribution is 0.169. The number of nitrogens with zero attached hydrogens (tertiary/aromatic N) is 4. The Kier molecular flexibility index (Phi) is 7.53. The zero-order chi connectivity index (χ0) is 19.6. The summed E-state index contributed by atoms with van der Waals surface area (Å²) in [5, 5.41) is 4.35. The minimum absolute atomic E-state index is 0.360. The van der Waals surface area contributed by atoms with Gasteiger partial charge in [-0.2, -0.15) is 0 Å². The van der Waals surface area contributed by atoms with Crippen molar-refractivity contribution in [1.82, 2.24) is 9.97 Å². The summed E-state index contributed by atoms with van der Waals surface area (Å²) >= 11 is 2.89. The van der Waals surface area contributed by atoms with Gasteiger partial charge in [-0.15, -0.1) is 23.1 Å². The summed E-state index contributed by atoms with van der Waals surface area (Å²) in [5.74, 6) is 1.23. The molecule has 2 heterocycles. The molecule has 3 rings (SSSR count). The van der Waals surface area contributed by atoms with E-state index >= 15 is 0 Å². The van der Waals surface area contributed by atoms with Crippen molar-refractivity contribution in [2.24, 2.45) is 9.98 Å². The van der Waals surface area contributed by atoms with E-state index in [1.165, 1.54) is 29.5 Å². The van der Waals surface area contributed by atoms with Gasteiger partial charge in [-0.25, -0.2) is 15.0 Å². The van der Waals surface area contributed by atoms with Gasteiger partial charge in [0.15, 0.2) is 6.39 Å². The number of ether oxygens (including phenoxy) is 2. The van der Waals surface area contributed by atoms with Gasteiger partial charge in [0.25, 0.3) is 0 Å². The molecule has 0 radical (unpaired) electrons. The highest BCUT2D eigenvalue weighted by Crippen LogP contribution is 2.25. The van der Waals surface area contributed by atoms with Gasteiger partial charge in [0.1, 0.15) is 30.0 Å². The van der Waals surface area contributed by atoms with E-state index in [1.54, 1.807) is 6.26 Å². The molecule has 0 saturated carbocycles. The van der Waals surface area contributed by atoms with Crippen LogP contribution < -0.4 is 4.74 Å². The molecule has 28 heavy (non-hydrogen) atoms. The third-order valence-electron chi connectivity index (χ3n) is 3.44. The van der Waals surface area contributed by atoms with Crippen LogP contribution >= 0.6 is 23.1 Å². The standard InChI is InChI=1S/C19H18N4O3S2/c1-20-17(18-11-28-19(21-2)23-18)10-27-13-25-7-14-4-3-5-16(6-14)26-9-15-8-24-12-22-15/h3-6,8,10-12H,1-2,7,9,13H2/b17-10-.